The number of aliphatic hydroxyl groups is 1. The summed E-state index contributed by atoms with van der Waals surface area (Å²) in [5, 5.41) is 10.2. The van der Waals surface area contributed by atoms with Crippen molar-refractivity contribution in [2.24, 2.45) is 17.8 Å². The Kier molecular flexibility index (Phi) is 5.54. The lowest BCUT2D eigenvalue weighted by molar-refractivity contribution is -0.00831. The molecule has 2 aliphatic carbocycles. The lowest BCUT2D eigenvalue weighted by Crippen LogP contribution is -2.48. The summed E-state index contributed by atoms with van der Waals surface area (Å²) in [7, 11) is 0. The van der Waals surface area contributed by atoms with Crippen LogP contribution in [0.3, 0.4) is 0 Å². The molecule has 3 aliphatic rings. The second-order valence-electron chi connectivity index (χ2n) is 7.36. The van der Waals surface area contributed by atoms with Gasteiger partial charge in [-0.15, -0.1) is 0 Å². The van der Waals surface area contributed by atoms with Gasteiger partial charge in [-0.3, -0.25) is 4.90 Å². The van der Waals surface area contributed by atoms with E-state index in [1.807, 2.05) is 0 Å². The highest BCUT2D eigenvalue weighted by molar-refractivity contribution is 4.89. The molecule has 0 aromatic carbocycles. The second kappa shape index (κ2) is 7.40. The first-order valence-corrected chi connectivity index (χ1v) is 8.95. The highest BCUT2D eigenvalue weighted by atomic mass is 16.5. The number of hydrogen-bond donors (Lipinski definition) is 1. The van der Waals surface area contributed by atoms with E-state index >= 15 is 0 Å². The molecule has 0 unspecified atom stereocenters. The third kappa shape index (κ3) is 4.19. The number of piperazine rings is 1. The molecule has 0 radical (unpaired) electrons. The molecular formula is C17H32N2O2. The average Bonchev–Trinajstić information content (AvgIpc) is 3.11. The van der Waals surface area contributed by atoms with Crippen molar-refractivity contribution in [1.82, 2.24) is 9.80 Å². The van der Waals surface area contributed by atoms with Crippen LogP contribution in [0.25, 0.3) is 0 Å². The summed E-state index contributed by atoms with van der Waals surface area (Å²) >= 11 is 0. The summed E-state index contributed by atoms with van der Waals surface area (Å²) in [6.07, 6.45) is 5.37. The Balaban J connectivity index is 1.27. The summed E-state index contributed by atoms with van der Waals surface area (Å²) in [6.45, 7) is 9.95. The number of rotatable bonds is 7. The van der Waals surface area contributed by atoms with Crippen LogP contribution in [0, 0.1) is 17.8 Å². The van der Waals surface area contributed by atoms with Gasteiger partial charge in [0, 0.05) is 39.3 Å². The van der Waals surface area contributed by atoms with Crippen LogP contribution in [0.2, 0.25) is 0 Å². The molecule has 122 valence electrons. The Morgan fingerprint density at radius 3 is 2.48 bits per heavy atom. The summed E-state index contributed by atoms with van der Waals surface area (Å²) < 4.78 is 5.83. The molecule has 21 heavy (non-hydrogen) atoms. The van der Waals surface area contributed by atoms with Crippen molar-refractivity contribution in [2.75, 3.05) is 52.5 Å². The SMILES string of the molecule is CCN1CCN(C[C@@H](O)COC[C@@H]2C[C@H]3CC[C@H]2C3)CC1. The smallest absolute Gasteiger partial charge is 0.0900 e. The average molecular weight is 296 g/mol. The van der Waals surface area contributed by atoms with Crippen LogP contribution in [0.5, 0.6) is 0 Å². The van der Waals surface area contributed by atoms with Crippen molar-refractivity contribution in [1.29, 1.82) is 0 Å². The molecule has 0 aromatic heterocycles. The molecule has 4 heteroatoms. The van der Waals surface area contributed by atoms with E-state index in [1.54, 1.807) is 0 Å². The molecule has 1 N–H and O–H groups in total. The van der Waals surface area contributed by atoms with Crippen LogP contribution in [-0.2, 0) is 4.74 Å². The van der Waals surface area contributed by atoms with Gasteiger partial charge in [-0.05, 0) is 43.6 Å². The molecule has 3 rings (SSSR count). The minimum atomic E-state index is -0.322. The predicted molar refractivity (Wildman–Crippen MR) is 84.3 cm³/mol. The van der Waals surface area contributed by atoms with Crippen LogP contribution < -0.4 is 0 Å². The van der Waals surface area contributed by atoms with Gasteiger partial charge in [-0.1, -0.05) is 13.3 Å². The highest BCUT2D eigenvalue weighted by Gasteiger charge is 2.39. The number of aliphatic hydroxyl groups excluding tert-OH is 1. The van der Waals surface area contributed by atoms with Crippen molar-refractivity contribution in [3.8, 4) is 0 Å². The predicted octanol–water partition coefficient (Wildman–Crippen LogP) is 1.44. The quantitative estimate of drug-likeness (QED) is 0.771. The Morgan fingerprint density at radius 2 is 1.86 bits per heavy atom. The fourth-order valence-corrected chi connectivity index (χ4v) is 4.57. The molecule has 3 fully saturated rings. The lowest BCUT2D eigenvalue weighted by atomic mass is 9.90. The van der Waals surface area contributed by atoms with E-state index in [1.165, 1.54) is 25.7 Å². The van der Waals surface area contributed by atoms with Gasteiger partial charge < -0.3 is 14.7 Å². The fourth-order valence-electron chi connectivity index (χ4n) is 4.57. The molecule has 0 aromatic rings. The van der Waals surface area contributed by atoms with E-state index in [9.17, 15) is 5.11 Å². The van der Waals surface area contributed by atoms with Gasteiger partial charge in [0.25, 0.3) is 0 Å². The fraction of sp³-hybridized carbons (Fsp3) is 1.00. The Bertz CT molecular complexity index is 318. The molecule has 1 heterocycles. The topological polar surface area (TPSA) is 35.9 Å². The van der Waals surface area contributed by atoms with Crippen LogP contribution >= 0.6 is 0 Å². The van der Waals surface area contributed by atoms with Crippen molar-refractivity contribution in [2.45, 2.75) is 38.7 Å². The van der Waals surface area contributed by atoms with Gasteiger partial charge >= 0.3 is 0 Å². The number of ether oxygens (including phenoxy) is 1. The van der Waals surface area contributed by atoms with E-state index in [-0.39, 0.29) is 6.10 Å². The normalized spacial score (nSPS) is 35.4. The van der Waals surface area contributed by atoms with Crippen molar-refractivity contribution >= 4 is 0 Å². The molecule has 2 bridgehead atoms. The minimum absolute atomic E-state index is 0.322. The maximum Gasteiger partial charge on any atom is 0.0900 e. The van der Waals surface area contributed by atoms with Crippen LogP contribution in [0.15, 0.2) is 0 Å². The van der Waals surface area contributed by atoms with E-state index in [4.69, 9.17) is 4.74 Å². The molecule has 4 nitrogen and oxygen atoms in total. The second-order valence-corrected chi connectivity index (χ2v) is 7.36. The molecule has 0 amide bonds. The monoisotopic (exact) mass is 296 g/mol. The molecule has 2 saturated carbocycles. The number of nitrogens with zero attached hydrogens (tertiary/aromatic N) is 2. The largest absolute Gasteiger partial charge is 0.389 e. The Labute approximate surface area is 129 Å². The summed E-state index contributed by atoms with van der Waals surface area (Å²) in [5.41, 5.74) is 0. The van der Waals surface area contributed by atoms with Gasteiger partial charge in [0.15, 0.2) is 0 Å². The molecule has 4 atom stereocenters. The van der Waals surface area contributed by atoms with Gasteiger partial charge in [0.1, 0.15) is 0 Å². The van der Waals surface area contributed by atoms with E-state index in [0.29, 0.717) is 6.61 Å². The van der Waals surface area contributed by atoms with Crippen molar-refractivity contribution in [3.63, 3.8) is 0 Å². The van der Waals surface area contributed by atoms with Gasteiger partial charge in [-0.25, -0.2) is 0 Å². The maximum absolute atomic E-state index is 10.2. The number of β-amino-alcohol motifs (C(OH)–C–C–N with tert-alkyl or cyclic N) is 1. The van der Waals surface area contributed by atoms with E-state index in [2.05, 4.69) is 16.7 Å². The molecule has 0 spiro atoms. The van der Waals surface area contributed by atoms with Crippen LogP contribution in [-0.4, -0.2) is 73.5 Å². The summed E-state index contributed by atoms with van der Waals surface area (Å²) in [5.74, 6) is 2.70. The third-order valence-corrected chi connectivity index (χ3v) is 5.91. The molecule has 1 aliphatic heterocycles. The zero-order valence-electron chi connectivity index (χ0n) is 13.5. The summed E-state index contributed by atoms with van der Waals surface area (Å²) in [4.78, 5) is 4.84. The first kappa shape index (κ1) is 15.7. The minimum Gasteiger partial charge on any atom is -0.389 e. The Morgan fingerprint density at radius 1 is 1.10 bits per heavy atom. The van der Waals surface area contributed by atoms with Crippen LogP contribution in [0.4, 0.5) is 0 Å². The highest BCUT2D eigenvalue weighted by Crippen LogP contribution is 2.48. The summed E-state index contributed by atoms with van der Waals surface area (Å²) in [6, 6.07) is 0. The van der Waals surface area contributed by atoms with E-state index in [0.717, 1.165) is 63.6 Å². The first-order valence-electron chi connectivity index (χ1n) is 8.95. The first-order chi connectivity index (χ1) is 10.2. The zero-order valence-corrected chi connectivity index (χ0v) is 13.5. The third-order valence-electron chi connectivity index (χ3n) is 5.91. The van der Waals surface area contributed by atoms with Gasteiger partial charge in [-0.2, -0.15) is 0 Å². The van der Waals surface area contributed by atoms with Gasteiger partial charge in [0.2, 0.25) is 0 Å². The standard InChI is InChI=1S/C17H32N2O2/c1-2-18-5-7-19(8-6-18)11-17(20)13-21-12-16-10-14-3-4-15(16)9-14/h14-17,20H,2-13H2,1H3/t14-,15-,16-,17+/m0/s1. The molecular weight excluding hydrogens is 264 g/mol. The number of likely N-dealkylation sites (N-methyl/N-ethyl adjacent to an activating group) is 1. The lowest BCUT2D eigenvalue weighted by Gasteiger charge is -2.35. The zero-order chi connectivity index (χ0) is 14.7. The Hall–Kier alpha value is -0.160. The maximum atomic E-state index is 10.2. The number of hydrogen-bond acceptors (Lipinski definition) is 4. The van der Waals surface area contributed by atoms with E-state index < -0.39 is 0 Å². The van der Waals surface area contributed by atoms with Gasteiger partial charge in [0.05, 0.1) is 12.7 Å². The van der Waals surface area contributed by atoms with Crippen molar-refractivity contribution < 1.29 is 9.84 Å². The van der Waals surface area contributed by atoms with Crippen molar-refractivity contribution in [3.05, 3.63) is 0 Å². The van der Waals surface area contributed by atoms with Crippen LogP contribution in [0.1, 0.15) is 32.6 Å². The molecule has 1 saturated heterocycles. The number of fused-ring (bicyclic) bond motifs is 2.